The molecule has 0 aliphatic heterocycles. The van der Waals surface area contributed by atoms with Gasteiger partial charge in [-0.2, -0.15) is 5.10 Å². The van der Waals surface area contributed by atoms with E-state index in [1.54, 1.807) is 13.3 Å². The fraction of sp³-hybridized carbons (Fsp3) is 0.333. The molecule has 0 spiro atoms. The van der Waals surface area contributed by atoms with Crippen molar-refractivity contribution in [2.45, 2.75) is 40.2 Å². The summed E-state index contributed by atoms with van der Waals surface area (Å²) < 4.78 is 11.9. The van der Waals surface area contributed by atoms with Gasteiger partial charge in [0.25, 0.3) is 0 Å². The second-order valence-corrected chi connectivity index (χ2v) is 7.45. The maximum Gasteiger partial charge on any atom is 0.244 e. The lowest BCUT2D eigenvalue weighted by Gasteiger charge is -2.15. The summed E-state index contributed by atoms with van der Waals surface area (Å²) in [5.74, 6) is 1.08. The van der Waals surface area contributed by atoms with Crippen LogP contribution in [0.25, 0.3) is 0 Å². The summed E-state index contributed by atoms with van der Waals surface area (Å²) in [5.41, 5.74) is 6.62. The van der Waals surface area contributed by atoms with Crippen molar-refractivity contribution in [1.82, 2.24) is 5.43 Å². The molecular formula is C21H25BrN2O3. The number of carbonyl (C=O) groups is 1. The Labute approximate surface area is 168 Å². The molecule has 0 saturated carbocycles. The van der Waals surface area contributed by atoms with Crippen molar-refractivity contribution in [3.05, 3.63) is 57.1 Å². The Balaban J connectivity index is 2.05. The highest BCUT2D eigenvalue weighted by Gasteiger charge is 2.12. The minimum absolute atomic E-state index is 0.0271. The number of halogens is 1. The van der Waals surface area contributed by atoms with E-state index in [-0.39, 0.29) is 18.4 Å². The third kappa shape index (κ3) is 6.10. The van der Waals surface area contributed by atoms with E-state index in [2.05, 4.69) is 32.5 Å². The lowest BCUT2D eigenvalue weighted by Crippen LogP contribution is -2.20. The minimum Gasteiger partial charge on any atom is -0.493 e. The summed E-state index contributed by atoms with van der Waals surface area (Å²) in [4.78, 5) is 12.1. The molecule has 27 heavy (non-hydrogen) atoms. The van der Waals surface area contributed by atoms with Gasteiger partial charge >= 0.3 is 0 Å². The first-order valence-corrected chi connectivity index (χ1v) is 9.51. The van der Waals surface area contributed by atoms with Gasteiger partial charge in [-0.05, 0) is 72.4 Å². The predicted molar refractivity (Wildman–Crippen MR) is 112 cm³/mol. The van der Waals surface area contributed by atoms with E-state index in [1.165, 1.54) is 5.56 Å². The number of nitrogens with zero attached hydrogens (tertiary/aromatic N) is 1. The highest BCUT2D eigenvalue weighted by atomic mass is 79.9. The van der Waals surface area contributed by atoms with Gasteiger partial charge in [-0.3, -0.25) is 4.79 Å². The van der Waals surface area contributed by atoms with Crippen LogP contribution in [0.3, 0.4) is 0 Å². The number of methoxy groups -OCH3 is 1. The van der Waals surface area contributed by atoms with Gasteiger partial charge in [0.15, 0.2) is 11.5 Å². The molecule has 1 amide bonds. The average molecular weight is 433 g/mol. The van der Waals surface area contributed by atoms with Crippen molar-refractivity contribution in [2.24, 2.45) is 5.10 Å². The quantitative estimate of drug-likeness (QED) is 0.515. The smallest absolute Gasteiger partial charge is 0.244 e. The fourth-order valence-corrected chi connectivity index (χ4v) is 3.15. The monoisotopic (exact) mass is 432 g/mol. The van der Waals surface area contributed by atoms with Gasteiger partial charge in [-0.25, -0.2) is 5.43 Å². The Morgan fingerprint density at radius 3 is 2.63 bits per heavy atom. The van der Waals surface area contributed by atoms with E-state index in [4.69, 9.17) is 9.47 Å². The zero-order valence-electron chi connectivity index (χ0n) is 16.3. The fourth-order valence-electron chi connectivity index (χ4n) is 2.60. The zero-order chi connectivity index (χ0) is 20.0. The number of hydrazone groups is 1. The molecule has 1 N–H and O–H groups in total. The second-order valence-electron chi connectivity index (χ2n) is 6.60. The molecular weight excluding hydrogens is 408 g/mol. The number of carbonyl (C=O) groups excluding carboxylic acids is 1. The standard InChI is InChI=1S/C21H25BrN2O3/c1-13(2)27-21-18(22)9-16(10-19(21)26-5)12-23-24-20(25)11-17-7-6-14(3)8-15(17)4/h6-10,12-13H,11H2,1-5H3,(H,24,25)/b23-12-. The lowest BCUT2D eigenvalue weighted by molar-refractivity contribution is -0.120. The zero-order valence-corrected chi connectivity index (χ0v) is 17.9. The van der Waals surface area contributed by atoms with Gasteiger partial charge in [0.2, 0.25) is 5.91 Å². The Morgan fingerprint density at radius 1 is 1.26 bits per heavy atom. The first-order valence-electron chi connectivity index (χ1n) is 8.72. The summed E-state index contributed by atoms with van der Waals surface area (Å²) in [6.45, 7) is 7.94. The maximum atomic E-state index is 12.1. The van der Waals surface area contributed by atoms with Crippen molar-refractivity contribution < 1.29 is 14.3 Å². The summed E-state index contributed by atoms with van der Waals surface area (Å²) in [6, 6.07) is 9.71. The summed E-state index contributed by atoms with van der Waals surface area (Å²) in [6.07, 6.45) is 1.89. The van der Waals surface area contributed by atoms with E-state index < -0.39 is 0 Å². The van der Waals surface area contributed by atoms with Crippen LogP contribution in [0, 0.1) is 13.8 Å². The van der Waals surface area contributed by atoms with Crippen LogP contribution < -0.4 is 14.9 Å². The third-order valence-corrected chi connectivity index (χ3v) is 4.45. The minimum atomic E-state index is -0.163. The Kier molecular flexibility index (Phi) is 7.42. The van der Waals surface area contributed by atoms with Crippen molar-refractivity contribution >= 4 is 28.1 Å². The molecule has 0 aromatic heterocycles. The number of nitrogens with one attached hydrogen (secondary N) is 1. The van der Waals surface area contributed by atoms with E-state index in [0.29, 0.717) is 11.5 Å². The molecule has 2 aromatic carbocycles. The lowest BCUT2D eigenvalue weighted by atomic mass is 10.0. The number of hydrogen-bond donors (Lipinski definition) is 1. The Hall–Kier alpha value is -2.34. The molecule has 144 valence electrons. The molecule has 0 radical (unpaired) electrons. The Bertz CT molecular complexity index is 848. The highest BCUT2D eigenvalue weighted by molar-refractivity contribution is 9.10. The van der Waals surface area contributed by atoms with Gasteiger partial charge in [-0.1, -0.05) is 23.8 Å². The van der Waals surface area contributed by atoms with Gasteiger partial charge < -0.3 is 9.47 Å². The number of rotatable bonds is 7. The molecule has 5 nitrogen and oxygen atoms in total. The first-order chi connectivity index (χ1) is 12.8. The number of hydrogen-bond acceptors (Lipinski definition) is 4. The molecule has 0 heterocycles. The molecule has 0 atom stereocenters. The van der Waals surface area contributed by atoms with Crippen molar-refractivity contribution in [3.63, 3.8) is 0 Å². The molecule has 2 rings (SSSR count). The third-order valence-electron chi connectivity index (χ3n) is 3.86. The molecule has 0 aliphatic carbocycles. The Morgan fingerprint density at radius 2 is 2.00 bits per heavy atom. The second kappa shape index (κ2) is 9.55. The highest BCUT2D eigenvalue weighted by Crippen LogP contribution is 2.36. The SMILES string of the molecule is COc1cc(/C=N\NC(=O)Cc2ccc(C)cc2C)cc(Br)c1OC(C)C. The normalized spacial score (nSPS) is 11.1. The van der Waals surface area contributed by atoms with Crippen molar-refractivity contribution in [1.29, 1.82) is 0 Å². The summed E-state index contributed by atoms with van der Waals surface area (Å²) in [5, 5.41) is 4.05. The average Bonchev–Trinajstić information content (AvgIpc) is 2.59. The first kappa shape index (κ1) is 21.0. The van der Waals surface area contributed by atoms with Crippen molar-refractivity contribution in [2.75, 3.05) is 7.11 Å². The molecule has 2 aromatic rings. The largest absolute Gasteiger partial charge is 0.493 e. The van der Waals surface area contributed by atoms with Crippen LogP contribution in [0.2, 0.25) is 0 Å². The van der Waals surface area contributed by atoms with E-state index in [9.17, 15) is 4.79 Å². The number of ether oxygens (including phenoxy) is 2. The van der Waals surface area contributed by atoms with Gasteiger partial charge in [0.1, 0.15) is 0 Å². The molecule has 6 heteroatoms. The van der Waals surface area contributed by atoms with E-state index in [0.717, 1.165) is 21.2 Å². The van der Waals surface area contributed by atoms with Crippen LogP contribution in [-0.4, -0.2) is 25.3 Å². The maximum absolute atomic E-state index is 12.1. The van der Waals surface area contributed by atoms with E-state index in [1.807, 2.05) is 52.0 Å². The van der Waals surface area contributed by atoms with Crippen LogP contribution in [0.4, 0.5) is 0 Å². The molecule has 0 fully saturated rings. The van der Waals surface area contributed by atoms with E-state index >= 15 is 0 Å². The number of aryl methyl sites for hydroxylation is 2. The topological polar surface area (TPSA) is 59.9 Å². The van der Waals surface area contributed by atoms with Gasteiger partial charge in [0.05, 0.1) is 30.3 Å². The number of benzene rings is 2. The summed E-state index contributed by atoms with van der Waals surface area (Å²) in [7, 11) is 1.58. The van der Waals surface area contributed by atoms with Crippen LogP contribution in [0.15, 0.2) is 39.9 Å². The van der Waals surface area contributed by atoms with Gasteiger partial charge in [0, 0.05) is 0 Å². The van der Waals surface area contributed by atoms with Gasteiger partial charge in [-0.15, -0.1) is 0 Å². The van der Waals surface area contributed by atoms with Crippen LogP contribution in [-0.2, 0) is 11.2 Å². The molecule has 0 unspecified atom stereocenters. The van der Waals surface area contributed by atoms with Crippen LogP contribution in [0.5, 0.6) is 11.5 Å². The van der Waals surface area contributed by atoms with Crippen LogP contribution in [0.1, 0.15) is 36.1 Å². The number of amides is 1. The molecule has 0 saturated heterocycles. The molecule has 0 aliphatic rings. The van der Waals surface area contributed by atoms with Crippen molar-refractivity contribution in [3.8, 4) is 11.5 Å². The van der Waals surface area contributed by atoms with Crippen LogP contribution >= 0.6 is 15.9 Å². The predicted octanol–water partition coefficient (Wildman–Crippen LogP) is 4.55. The summed E-state index contributed by atoms with van der Waals surface area (Å²) >= 11 is 3.49. The molecule has 0 bridgehead atoms.